The molecule has 0 aliphatic rings. The van der Waals surface area contributed by atoms with Crippen LogP contribution in [0.4, 0.5) is 0 Å². The van der Waals surface area contributed by atoms with Gasteiger partial charge in [0.15, 0.2) is 0 Å². The number of hydrogen-bond acceptors (Lipinski definition) is 1. The lowest BCUT2D eigenvalue weighted by molar-refractivity contribution is -0.897. The highest BCUT2D eigenvalue weighted by Gasteiger charge is 2.21. The van der Waals surface area contributed by atoms with Gasteiger partial charge in [-0.25, -0.2) is 0 Å². The van der Waals surface area contributed by atoms with Crippen molar-refractivity contribution >= 4 is 0 Å². The van der Waals surface area contributed by atoms with Crippen molar-refractivity contribution in [1.82, 2.24) is 0 Å². The Labute approximate surface area is 125 Å². The standard InChI is InChI=1S/C15H34NO.BrH/c1-5-6-7-8-9-10-11-12-13-15(14-17)16(2,3)4;/h15,17H,5-14H2,1-4H3;1H/q+1;/p-1. The molecular weight excluding hydrogens is 290 g/mol. The molecule has 0 saturated heterocycles. The Morgan fingerprint density at radius 2 is 1.28 bits per heavy atom. The Morgan fingerprint density at radius 1 is 0.833 bits per heavy atom. The van der Waals surface area contributed by atoms with E-state index in [0.717, 1.165) is 10.9 Å². The molecule has 0 aromatic heterocycles. The zero-order chi connectivity index (χ0) is 13.1. The number of likely N-dealkylation sites (N-methyl/N-ethyl adjacent to an activating group) is 1. The van der Waals surface area contributed by atoms with Crippen LogP contribution in [0.3, 0.4) is 0 Å². The van der Waals surface area contributed by atoms with Crippen LogP contribution in [0.15, 0.2) is 0 Å². The Bertz CT molecular complexity index is 168. The molecule has 0 aromatic rings. The molecule has 3 heteroatoms. The van der Waals surface area contributed by atoms with E-state index in [1.54, 1.807) is 0 Å². The number of hydrogen-bond donors (Lipinski definition) is 1. The lowest BCUT2D eigenvalue weighted by Gasteiger charge is -2.33. The Balaban J connectivity index is 0. The highest BCUT2D eigenvalue weighted by atomic mass is 79.9. The van der Waals surface area contributed by atoms with Crippen LogP contribution >= 0.6 is 0 Å². The smallest absolute Gasteiger partial charge is 0.112 e. The van der Waals surface area contributed by atoms with E-state index in [9.17, 15) is 5.11 Å². The highest BCUT2D eigenvalue weighted by molar-refractivity contribution is 4.56. The molecule has 0 aliphatic carbocycles. The molecule has 1 atom stereocenters. The quantitative estimate of drug-likeness (QED) is 0.436. The second-order valence-corrected chi connectivity index (χ2v) is 6.22. The summed E-state index contributed by atoms with van der Waals surface area (Å²) < 4.78 is 0.882. The van der Waals surface area contributed by atoms with Crippen molar-refractivity contribution in [3.05, 3.63) is 0 Å². The van der Waals surface area contributed by atoms with E-state index < -0.39 is 0 Å². The first-order valence-electron chi connectivity index (χ1n) is 7.44. The number of halogens is 1. The lowest BCUT2D eigenvalue weighted by Crippen LogP contribution is -3.00. The van der Waals surface area contributed by atoms with Gasteiger partial charge < -0.3 is 26.6 Å². The van der Waals surface area contributed by atoms with E-state index in [-0.39, 0.29) is 17.0 Å². The normalized spacial score (nSPS) is 13.2. The molecule has 0 aromatic carbocycles. The maximum atomic E-state index is 9.35. The predicted octanol–water partition coefficient (Wildman–Crippen LogP) is 0.588. The first-order valence-corrected chi connectivity index (χ1v) is 7.44. The molecule has 1 N–H and O–H groups in total. The Kier molecular flexibility index (Phi) is 14.3. The third-order valence-corrected chi connectivity index (χ3v) is 3.70. The van der Waals surface area contributed by atoms with Crippen molar-refractivity contribution in [3.63, 3.8) is 0 Å². The lowest BCUT2D eigenvalue weighted by atomic mass is 10.0. The average Bonchev–Trinajstić information content (AvgIpc) is 2.25. The van der Waals surface area contributed by atoms with Crippen molar-refractivity contribution in [2.75, 3.05) is 27.7 Å². The van der Waals surface area contributed by atoms with Gasteiger partial charge in [-0.3, -0.25) is 0 Å². The minimum Gasteiger partial charge on any atom is -1.00 e. The van der Waals surface area contributed by atoms with Crippen LogP contribution in [0.1, 0.15) is 64.7 Å². The van der Waals surface area contributed by atoms with Crippen molar-refractivity contribution in [2.45, 2.75) is 70.8 Å². The summed E-state index contributed by atoms with van der Waals surface area (Å²) in [5.74, 6) is 0. The van der Waals surface area contributed by atoms with Crippen molar-refractivity contribution in [2.24, 2.45) is 0 Å². The van der Waals surface area contributed by atoms with E-state index in [1.165, 1.54) is 51.4 Å². The molecule has 0 radical (unpaired) electrons. The van der Waals surface area contributed by atoms with Crippen molar-refractivity contribution < 1.29 is 26.6 Å². The van der Waals surface area contributed by atoms with Crippen LogP contribution in [0.2, 0.25) is 0 Å². The molecule has 0 bridgehead atoms. The maximum absolute atomic E-state index is 9.35. The average molecular weight is 324 g/mol. The van der Waals surface area contributed by atoms with Crippen LogP contribution in [0.5, 0.6) is 0 Å². The van der Waals surface area contributed by atoms with Gasteiger partial charge in [0, 0.05) is 6.42 Å². The van der Waals surface area contributed by atoms with Gasteiger partial charge in [0.25, 0.3) is 0 Å². The zero-order valence-corrected chi connectivity index (χ0v) is 14.5. The molecule has 0 aliphatic heterocycles. The first kappa shape index (κ1) is 20.7. The predicted molar refractivity (Wildman–Crippen MR) is 76.1 cm³/mol. The monoisotopic (exact) mass is 323 g/mol. The zero-order valence-electron chi connectivity index (χ0n) is 12.9. The van der Waals surface area contributed by atoms with Gasteiger partial charge in [0.1, 0.15) is 6.04 Å². The van der Waals surface area contributed by atoms with Gasteiger partial charge >= 0.3 is 0 Å². The topological polar surface area (TPSA) is 20.2 Å². The number of rotatable bonds is 11. The van der Waals surface area contributed by atoms with Crippen LogP contribution in [-0.2, 0) is 0 Å². The maximum Gasteiger partial charge on any atom is 0.112 e. The summed E-state index contributed by atoms with van der Waals surface area (Å²) in [6, 6.07) is 0.412. The number of quaternary nitrogens is 1. The number of aliphatic hydroxyl groups is 1. The summed E-state index contributed by atoms with van der Waals surface area (Å²) in [5, 5.41) is 9.35. The third-order valence-electron chi connectivity index (χ3n) is 3.70. The SMILES string of the molecule is CCCCCCCCCCC(CO)[N+](C)(C)C.[Br-]. The minimum absolute atomic E-state index is 0. The second-order valence-electron chi connectivity index (χ2n) is 6.22. The third kappa shape index (κ3) is 11.5. The highest BCUT2D eigenvalue weighted by Crippen LogP contribution is 2.14. The second kappa shape index (κ2) is 12.4. The molecule has 0 amide bonds. The first-order chi connectivity index (χ1) is 8.02. The van der Waals surface area contributed by atoms with Crippen LogP contribution in [-0.4, -0.2) is 43.4 Å². The van der Waals surface area contributed by atoms with Gasteiger partial charge in [-0.1, -0.05) is 51.9 Å². The minimum atomic E-state index is 0. The Morgan fingerprint density at radius 3 is 1.67 bits per heavy atom. The van der Waals surface area contributed by atoms with Crippen molar-refractivity contribution in [1.29, 1.82) is 0 Å². The van der Waals surface area contributed by atoms with Gasteiger partial charge in [-0.05, 0) is 6.42 Å². The molecule has 112 valence electrons. The molecule has 0 rings (SSSR count). The van der Waals surface area contributed by atoms with Crippen LogP contribution < -0.4 is 17.0 Å². The van der Waals surface area contributed by atoms with Gasteiger partial charge in [-0.15, -0.1) is 0 Å². The molecular formula is C15H34BrNO. The number of nitrogens with zero attached hydrogens (tertiary/aromatic N) is 1. The van der Waals surface area contributed by atoms with Gasteiger partial charge in [0.2, 0.25) is 0 Å². The molecule has 0 fully saturated rings. The number of unbranched alkanes of at least 4 members (excludes halogenated alkanes) is 7. The molecule has 2 nitrogen and oxygen atoms in total. The van der Waals surface area contributed by atoms with Gasteiger partial charge in [0.05, 0.1) is 27.7 Å². The molecule has 0 spiro atoms. The summed E-state index contributed by atoms with van der Waals surface area (Å²) in [6.07, 6.45) is 12.1. The largest absolute Gasteiger partial charge is 1.00 e. The van der Waals surface area contributed by atoms with E-state index in [0.29, 0.717) is 12.6 Å². The Hall–Kier alpha value is 0.400. The van der Waals surface area contributed by atoms with E-state index in [2.05, 4.69) is 28.1 Å². The molecule has 0 heterocycles. The van der Waals surface area contributed by atoms with Crippen molar-refractivity contribution in [3.8, 4) is 0 Å². The summed E-state index contributed by atoms with van der Waals surface area (Å²) in [5.41, 5.74) is 0. The fourth-order valence-corrected chi connectivity index (χ4v) is 2.24. The summed E-state index contributed by atoms with van der Waals surface area (Å²) >= 11 is 0. The van der Waals surface area contributed by atoms with E-state index in [4.69, 9.17) is 0 Å². The van der Waals surface area contributed by atoms with E-state index >= 15 is 0 Å². The fraction of sp³-hybridized carbons (Fsp3) is 1.00. The molecule has 18 heavy (non-hydrogen) atoms. The summed E-state index contributed by atoms with van der Waals surface area (Å²) in [4.78, 5) is 0. The van der Waals surface area contributed by atoms with Crippen LogP contribution in [0, 0.1) is 0 Å². The fourth-order valence-electron chi connectivity index (χ4n) is 2.24. The molecule has 1 unspecified atom stereocenters. The number of aliphatic hydroxyl groups excluding tert-OH is 1. The van der Waals surface area contributed by atoms with E-state index in [1.807, 2.05) is 0 Å². The summed E-state index contributed by atoms with van der Waals surface area (Å²) in [7, 11) is 6.52. The van der Waals surface area contributed by atoms with Gasteiger partial charge in [-0.2, -0.15) is 0 Å². The van der Waals surface area contributed by atoms with Crippen LogP contribution in [0.25, 0.3) is 0 Å². The summed E-state index contributed by atoms with van der Waals surface area (Å²) in [6.45, 7) is 2.58. The molecule has 0 saturated carbocycles.